The molecule has 1 N–H and O–H groups in total. The molecule has 0 bridgehead atoms. The van der Waals surface area contributed by atoms with E-state index in [-0.39, 0.29) is 16.5 Å². The third-order valence-corrected chi connectivity index (χ3v) is 4.33. The molecule has 20 heavy (non-hydrogen) atoms. The first-order valence-corrected chi connectivity index (χ1v) is 7.62. The first-order chi connectivity index (χ1) is 9.24. The van der Waals surface area contributed by atoms with Crippen molar-refractivity contribution in [3.05, 3.63) is 29.8 Å². The van der Waals surface area contributed by atoms with Crippen molar-refractivity contribution in [1.29, 1.82) is 0 Å². The maximum atomic E-state index is 12.1. The summed E-state index contributed by atoms with van der Waals surface area (Å²) >= 11 is -1.18. The molecule has 1 aromatic carbocycles. The third-order valence-electron chi connectivity index (χ3n) is 2.72. The quantitative estimate of drug-likeness (QED) is 0.813. The van der Waals surface area contributed by atoms with Crippen LogP contribution in [0, 0.1) is 0 Å². The Morgan fingerprint density at radius 1 is 1.25 bits per heavy atom. The molecule has 0 saturated heterocycles. The van der Waals surface area contributed by atoms with Gasteiger partial charge in [0.1, 0.15) is 10.5 Å². The van der Waals surface area contributed by atoms with E-state index < -0.39 is 18.0 Å². The van der Waals surface area contributed by atoms with E-state index >= 15 is 0 Å². The minimum Gasteiger partial charge on any atom is -0.598 e. The van der Waals surface area contributed by atoms with Crippen molar-refractivity contribution in [2.75, 3.05) is 0 Å². The summed E-state index contributed by atoms with van der Waals surface area (Å²) in [5.74, 6) is 0.121. The molecule has 0 amide bonds. The molecule has 1 rings (SSSR count). The third kappa shape index (κ3) is 5.26. The Labute approximate surface area is 122 Å². The summed E-state index contributed by atoms with van der Waals surface area (Å²) in [5, 5.41) is 0. The molecule has 0 aliphatic heterocycles. The zero-order valence-corrected chi connectivity index (χ0v) is 13.0. The van der Waals surface area contributed by atoms with Crippen LogP contribution in [-0.4, -0.2) is 15.9 Å². The lowest BCUT2D eigenvalue weighted by Crippen LogP contribution is -2.41. The lowest BCUT2D eigenvalue weighted by Gasteiger charge is -2.27. The molecular formula is C14H21F2NO2S. The molecule has 114 valence electrons. The maximum absolute atomic E-state index is 12.1. The van der Waals surface area contributed by atoms with E-state index in [2.05, 4.69) is 9.46 Å². The fraction of sp³-hybridized carbons (Fsp3) is 0.571. The Bertz CT molecular complexity index is 407. The molecule has 0 fully saturated rings. The van der Waals surface area contributed by atoms with Crippen molar-refractivity contribution < 1.29 is 18.1 Å². The lowest BCUT2D eigenvalue weighted by molar-refractivity contribution is -0.0498. The van der Waals surface area contributed by atoms with Crippen LogP contribution in [0.25, 0.3) is 0 Å². The summed E-state index contributed by atoms with van der Waals surface area (Å²) in [7, 11) is 0. The standard InChI is InChI=1S/C14H21F2NO2S/c1-5-12(17-20(18)14(2,3)4)10-6-8-11(9-7-10)19-13(15)16/h6-9,12-13,17H,5H2,1-4H3. The van der Waals surface area contributed by atoms with E-state index in [9.17, 15) is 13.3 Å². The maximum Gasteiger partial charge on any atom is 0.387 e. The second kappa shape index (κ2) is 7.24. The number of nitrogens with one attached hydrogen (secondary N) is 1. The van der Waals surface area contributed by atoms with Gasteiger partial charge < -0.3 is 9.29 Å². The average molecular weight is 305 g/mol. The molecular weight excluding hydrogens is 284 g/mol. The first-order valence-electron chi connectivity index (χ1n) is 6.47. The average Bonchev–Trinajstić information content (AvgIpc) is 2.35. The number of hydrogen-bond donors (Lipinski definition) is 1. The summed E-state index contributed by atoms with van der Waals surface area (Å²) in [6, 6.07) is 6.31. The summed E-state index contributed by atoms with van der Waals surface area (Å²) in [5.41, 5.74) is 0.895. The SMILES string of the molecule is CCC(N[S+]([O-])C(C)(C)C)c1ccc(OC(F)F)cc1. The van der Waals surface area contributed by atoms with Crippen LogP contribution in [0.2, 0.25) is 0 Å². The van der Waals surface area contributed by atoms with Crippen molar-refractivity contribution in [2.45, 2.75) is 51.5 Å². The summed E-state index contributed by atoms with van der Waals surface area (Å²) in [6.07, 6.45) is 0.747. The van der Waals surface area contributed by atoms with E-state index in [0.717, 1.165) is 12.0 Å². The van der Waals surface area contributed by atoms with Gasteiger partial charge in [-0.3, -0.25) is 0 Å². The van der Waals surface area contributed by atoms with E-state index in [1.165, 1.54) is 12.1 Å². The Kier molecular flexibility index (Phi) is 6.23. The minimum atomic E-state index is -2.82. The molecule has 6 heteroatoms. The van der Waals surface area contributed by atoms with Crippen LogP contribution in [0.5, 0.6) is 5.75 Å². The van der Waals surface area contributed by atoms with E-state index in [1.807, 2.05) is 27.7 Å². The molecule has 0 saturated carbocycles. The van der Waals surface area contributed by atoms with Crippen LogP contribution < -0.4 is 9.46 Å². The molecule has 0 heterocycles. The largest absolute Gasteiger partial charge is 0.598 e. The second-order valence-corrected chi connectivity index (χ2v) is 7.41. The number of hydrogen-bond acceptors (Lipinski definition) is 3. The van der Waals surface area contributed by atoms with Crippen molar-refractivity contribution >= 4 is 11.4 Å². The summed E-state index contributed by atoms with van der Waals surface area (Å²) < 4.78 is 43.3. The van der Waals surface area contributed by atoms with Crippen molar-refractivity contribution in [1.82, 2.24) is 4.72 Å². The van der Waals surface area contributed by atoms with Gasteiger partial charge in [-0.15, -0.1) is 4.72 Å². The lowest BCUT2D eigenvalue weighted by atomic mass is 10.1. The van der Waals surface area contributed by atoms with E-state index in [1.54, 1.807) is 12.1 Å². The summed E-state index contributed by atoms with van der Waals surface area (Å²) in [4.78, 5) is 0. The van der Waals surface area contributed by atoms with Crippen LogP contribution in [0.1, 0.15) is 45.7 Å². The minimum absolute atomic E-state index is 0.0874. The van der Waals surface area contributed by atoms with Gasteiger partial charge in [-0.05, 0) is 44.9 Å². The Morgan fingerprint density at radius 2 is 1.80 bits per heavy atom. The summed E-state index contributed by atoms with van der Waals surface area (Å²) in [6.45, 7) is 4.82. The molecule has 2 atom stereocenters. The van der Waals surface area contributed by atoms with Crippen LogP contribution in [0.15, 0.2) is 24.3 Å². The van der Waals surface area contributed by atoms with Gasteiger partial charge >= 0.3 is 6.61 Å². The van der Waals surface area contributed by atoms with E-state index in [4.69, 9.17) is 0 Å². The molecule has 2 unspecified atom stereocenters. The number of rotatable bonds is 6. The number of ether oxygens (including phenoxy) is 1. The highest BCUT2D eigenvalue weighted by atomic mass is 32.2. The van der Waals surface area contributed by atoms with Gasteiger partial charge in [-0.1, -0.05) is 19.1 Å². The van der Waals surface area contributed by atoms with Gasteiger partial charge in [-0.2, -0.15) is 8.78 Å². The van der Waals surface area contributed by atoms with Crippen LogP contribution in [0.3, 0.4) is 0 Å². The van der Waals surface area contributed by atoms with Gasteiger partial charge in [0.25, 0.3) is 0 Å². The molecule has 0 radical (unpaired) electrons. The number of alkyl halides is 2. The molecule has 0 aliphatic rings. The van der Waals surface area contributed by atoms with Crippen LogP contribution in [0.4, 0.5) is 8.78 Å². The zero-order valence-electron chi connectivity index (χ0n) is 12.2. The highest BCUT2D eigenvalue weighted by Crippen LogP contribution is 2.24. The topological polar surface area (TPSA) is 44.3 Å². The van der Waals surface area contributed by atoms with Crippen molar-refractivity contribution in [2.24, 2.45) is 0 Å². The van der Waals surface area contributed by atoms with Gasteiger partial charge in [0.15, 0.2) is 0 Å². The highest BCUT2D eigenvalue weighted by molar-refractivity contribution is 7.90. The smallest absolute Gasteiger partial charge is 0.387 e. The van der Waals surface area contributed by atoms with Crippen LogP contribution >= 0.6 is 0 Å². The number of halogens is 2. The normalized spacial score (nSPS) is 15.2. The molecule has 0 aliphatic carbocycles. The Hall–Kier alpha value is -0.850. The predicted molar refractivity (Wildman–Crippen MR) is 77.1 cm³/mol. The molecule has 0 spiro atoms. The van der Waals surface area contributed by atoms with Gasteiger partial charge in [0.05, 0.1) is 6.04 Å². The molecule has 3 nitrogen and oxygen atoms in total. The molecule has 1 aromatic rings. The first kappa shape index (κ1) is 17.2. The van der Waals surface area contributed by atoms with E-state index in [0.29, 0.717) is 0 Å². The highest BCUT2D eigenvalue weighted by Gasteiger charge is 2.29. The monoisotopic (exact) mass is 305 g/mol. The fourth-order valence-corrected chi connectivity index (χ4v) is 2.49. The molecule has 0 aromatic heterocycles. The van der Waals surface area contributed by atoms with Crippen molar-refractivity contribution in [3.63, 3.8) is 0 Å². The van der Waals surface area contributed by atoms with Crippen LogP contribution in [-0.2, 0) is 11.4 Å². The van der Waals surface area contributed by atoms with Crippen molar-refractivity contribution in [3.8, 4) is 5.75 Å². The number of benzene rings is 1. The van der Waals surface area contributed by atoms with Gasteiger partial charge in [-0.25, -0.2) is 0 Å². The zero-order chi connectivity index (χ0) is 15.3. The second-order valence-electron chi connectivity index (χ2n) is 5.41. The predicted octanol–water partition coefficient (Wildman–Crippen LogP) is 3.79. The van der Waals surface area contributed by atoms with Gasteiger partial charge in [0, 0.05) is 11.4 Å². The Balaban J connectivity index is 2.75. The Morgan fingerprint density at radius 3 is 2.20 bits per heavy atom. The fourth-order valence-electron chi connectivity index (χ4n) is 1.57. The van der Waals surface area contributed by atoms with Gasteiger partial charge in [0.2, 0.25) is 0 Å².